The zero-order valence-corrected chi connectivity index (χ0v) is 15.7. The van der Waals surface area contributed by atoms with Crippen molar-refractivity contribution in [2.45, 2.75) is 26.4 Å². The number of hydrogen-bond acceptors (Lipinski definition) is 6. The molecule has 27 heavy (non-hydrogen) atoms. The average molecular weight is 366 g/mol. The summed E-state index contributed by atoms with van der Waals surface area (Å²) in [5.41, 5.74) is 0.180. The van der Waals surface area contributed by atoms with Gasteiger partial charge >= 0.3 is 6.09 Å². The monoisotopic (exact) mass is 366 g/mol. The van der Waals surface area contributed by atoms with Crippen molar-refractivity contribution in [1.82, 2.24) is 9.97 Å². The van der Waals surface area contributed by atoms with E-state index in [1.807, 2.05) is 24.3 Å². The molecule has 0 saturated carbocycles. The molecule has 1 amide bonds. The molecule has 0 atom stereocenters. The number of amides is 1. The normalized spacial score (nSPS) is 11.1. The molecule has 0 fully saturated rings. The van der Waals surface area contributed by atoms with E-state index in [0.717, 1.165) is 22.2 Å². The number of fused-ring (bicyclic) bond motifs is 1. The van der Waals surface area contributed by atoms with Gasteiger partial charge in [-0.2, -0.15) is 0 Å². The molecular weight excluding hydrogens is 344 g/mol. The van der Waals surface area contributed by atoms with Crippen LogP contribution in [0.2, 0.25) is 0 Å². The molecule has 2 heterocycles. The highest BCUT2D eigenvalue weighted by Crippen LogP contribution is 2.27. The second kappa shape index (κ2) is 7.49. The highest BCUT2D eigenvalue weighted by atomic mass is 16.6. The lowest BCUT2D eigenvalue weighted by molar-refractivity contribution is 0.0635. The van der Waals surface area contributed by atoms with E-state index in [-0.39, 0.29) is 0 Å². The minimum atomic E-state index is -0.563. The first-order valence-corrected chi connectivity index (χ1v) is 8.50. The van der Waals surface area contributed by atoms with Crippen molar-refractivity contribution in [3.63, 3.8) is 0 Å². The molecule has 0 bridgehead atoms. The van der Waals surface area contributed by atoms with E-state index in [0.29, 0.717) is 11.6 Å². The Labute approximate surface area is 157 Å². The quantitative estimate of drug-likeness (QED) is 0.694. The Morgan fingerprint density at radius 2 is 1.89 bits per heavy atom. The summed E-state index contributed by atoms with van der Waals surface area (Å²) in [4.78, 5) is 20.4. The van der Waals surface area contributed by atoms with Crippen LogP contribution in [0.25, 0.3) is 10.8 Å². The third-order valence-corrected chi connectivity index (χ3v) is 3.63. The first kappa shape index (κ1) is 18.4. The Hall–Kier alpha value is -3.35. The second-order valence-electron chi connectivity index (χ2n) is 6.93. The fraction of sp³-hybridized carbons (Fsp3) is 0.250. The first-order chi connectivity index (χ1) is 12.8. The zero-order chi connectivity index (χ0) is 19.4. The van der Waals surface area contributed by atoms with Crippen LogP contribution < -0.4 is 15.4 Å². The van der Waals surface area contributed by atoms with Gasteiger partial charge in [-0.05, 0) is 56.5 Å². The van der Waals surface area contributed by atoms with Gasteiger partial charge in [0.2, 0.25) is 0 Å². The summed E-state index contributed by atoms with van der Waals surface area (Å²) >= 11 is 0. The van der Waals surface area contributed by atoms with Gasteiger partial charge < -0.3 is 14.8 Å². The largest absolute Gasteiger partial charge is 0.497 e. The number of nitrogens with one attached hydrogen (secondary N) is 2. The molecule has 3 rings (SSSR count). The SMILES string of the molecule is COc1ccc2ccnc(Nc3ccc(NC(=O)OC(C)(C)C)nc3)c2c1. The van der Waals surface area contributed by atoms with Gasteiger partial charge in [0.05, 0.1) is 19.0 Å². The van der Waals surface area contributed by atoms with Gasteiger partial charge in [-0.3, -0.25) is 5.32 Å². The molecule has 0 radical (unpaired) electrons. The predicted octanol–water partition coefficient (Wildman–Crippen LogP) is 4.73. The highest BCUT2D eigenvalue weighted by molar-refractivity contribution is 5.94. The maximum absolute atomic E-state index is 11.8. The molecule has 7 heteroatoms. The Kier molecular flexibility index (Phi) is 5.12. The lowest BCUT2D eigenvalue weighted by Crippen LogP contribution is -2.27. The molecule has 0 aliphatic heterocycles. The summed E-state index contributed by atoms with van der Waals surface area (Å²) in [6.45, 7) is 5.41. The van der Waals surface area contributed by atoms with Crippen molar-refractivity contribution in [2.75, 3.05) is 17.7 Å². The van der Waals surface area contributed by atoms with Crippen LogP contribution in [0.15, 0.2) is 48.8 Å². The Bertz CT molecular complexity index is 950. The van der Waals surface area contributed by atoms with Crippen molar-refractivity contribution in [3.05, 3.63) is 48.8 Å². The summed E-state index contributed by atoms with van der Waals surface area (Å²) in [7, 11) is 1.63. The van der Waals surface area contributed by atoms with Crippen LogP contribution in [0.5, 0.6) is 5.75 Å². The van der Waals surface area contributed by atoms with Gasteiger partial charge in [-0.15, -0.1) is 0 Å². The molecule has 2 N–H and O–H groups in total. The summed E-state index contributed by atoms with van der Waals surface area (Å²) < 4.78 is 10.5. The lowest BCUT2D eigenvalue weighted by Gasteiger charge is -2.19. The third kappa shape index (κ3) is 4.84. The number of hydrogen-bond donors (Lipinski definition) is 2. The van der Waals surface area contributed by atoms with E-state index in [9.17, 15) is 4.79 Å². The number of benzene rings is 1. The number of methoxy groups -OCH3 is 1. The topological polar surface area (TPSA) is 85.4 Å². The van der Waals surface area contributed by atoms with E-state index in [4.69, 9.17) is 9.47 Å². The minimum Gasteiger partial charge on any atom is -0.497 e. The number of anilines is 3. The maximum atomic E-state index is 11.8. The summed E-state index contributed by atoms with van der Waals surface area (Å²) in [6, 6.07) is 11.2. The number of carbonyl (C=O) groups is 1. The number of ether oxygens (including phenoxy) is 2. The van der Waals surface area contributed by atoms with E-state index in [2.05, 4.69) is 20.6 Å². The van der Waals surface area contributed by atoms with Gasteiger partial charge in [0.1, 0.15) is 23.0 Å². The molecule has 0 unspecified atom stereocenters. The van der Waals surface area contributed by atoms with Crippen LogP contribution in [0, 0.1) is 0 Å². The van der Waals surface area contributed by atoms with Crippen LogP contribution in [0.4, 0.5) is 22.1 Å². The van der Waals surface area contributed by atoms with Crippen LogP contribution in [-0.2, 0) is 4.74 Å². The molecule has 0 spiro atoms. The Morgan fingerprint density at radius 1 is 1.07 bits per heavy atom. The van der Waals surface area contributed by atoms with E-state index < -0.39 is 11.7 Å². The van der Waals surface area contributed by atoms with Crippen molar-refractivity contribution < 1.29 is 14.3 Å². The summed E-state index contributed by atoms with van der Waals surface area (Å²) in [5.74, 6) is 1.86. The highest BCUT2D eigenvalue weighted by Gasteiger charge is 2.16. The summed E-state index contributed by atoms with van der Waals surface area (Å²) in [6.07, 6.45) is 2.81. The fourth-order valence-corrected chi connectivity index (χ4v) is 2.46. The van der Waals surface area contributed by atoms with Crippen molar-refractivity contribution in [2.24, 2.45) is 0 Å². The Morgan fingerprint density at radius 3 is 2.56 bits per heavy atom. The van der Waals surface area contributed by atoms with Gasteiger partial charge in [-0.1, -0.05) is 6.07 Å². The molecule has 3 aromatic rings. The fourth-order valence-electron chi connectivity index (χ4n) is 2.46. The predicted molar refractivity (Wildman–Crippen MR) is 106 cm³/mol. The smallest absolute Gasteiger partial charge is 0.413 e. The Balaban J connectivity index is 1.75. The van der Waals surface area contributed by atoms with E-state index in [1.54, 1.807) is 52.4 Å². The molecule has 2 aromatic heterocycles. The lowest BCUT2D eigenvalue weighted by atomic mass is 10.1. The molecule has 0 aliphatic carbocycles. The van der Waals surface area contributed by atoms with Crippen LogP contribution in [0.1, 0.15) is 20.8 Å². The van der Waals surface area contributed by atoms with Gasteiger partial charge in [-0.25, -0.2) is 14.8 Å². The third-order valence-electron chi connectivity index (χ3n) is 3.63. The zero-order valence-electron chi connectivity index (χ0n) is 15.7. The van der Waals surface area contributed by atoms with Crippen LogP contribution in [-0.4, -0.2) is 28.8 Å². The molecular formula is C20H22N4O3. The number of aromatic nitrogens is 2. The molecule has 0 saturated heterocycles. The maximum Gasteiger partial charge on any atom is 0.413 e. The first-order valence-electron chi connectivity index (χ1n) is 8.50. The number of nitrogens with zero attached hydrogens (tertiary/aromatic N) is 2. The number of pyridine rings is 2. The molecule has 7 nitrogen and oxygen atoms in total. The average Bonchev–Trinajstić information content (AvgIpc) is 2.61. The van der Waals surface area contributed by atoms with Crippen molar-refractivity contribution >= 4 is 34.2 Å². The van der Waals surface area contributed by atoms with Crippen molar-refractivity contribution in [1.29, 1.82) is 0 Å². The van der Waals surface area contributed by atoms with E-state index >= 15 is 0 Å². The van der Waals surface area contributed by atoms with E-state index in [1.165, 1.54) is 0 Å². The second-order valence-corrected chi connectivity index (χ2v) is 6.93. The van der Waals surface area contributed by atoms with Crippen LogP contribution >= 0.6 is 0 Å². The standard InChI is InChI=1S/C20H22N4O3/c1-20(2,3)27-19(25)24-17-8-6-14(12-22-17)23-18-16-11-15(26-4)7-5-13(16)9-10-21-18/h5-12H,1-4H3,(H,21,23)(H,22,24,25). The molecule has 1 aromatic carbocycles. The molecule has 0 aliphatic rings. The van der Waals surface area contributed by atoms with Crippen LogP contribution in [0.3, 0.4) is 0 Å². The number of rotatable bonds is 4. The summed E-state index contributed by atoms with van der Waals surface area (Å²) in [5, 5.41) is 7.83. The van der Waals surface area contributed by atoms with Gasteiger partial charge in [0.25, 0.3) is 0 Å². The minimum absolute atomic E-state index is 0.405. The van der Waals surface area contributed by atoms with Gasteiger partial charge in [0.15, 0.2) is 0 Å². The molecule has 140 valence electrons. The van der Waals surface area contributed by atoms with Gasteiger partial charge in [0, 0.05) is 11.6 Å². The van der Waals surface area contributed by atoms with Crippen molar-refractivity contribution in [3.8, 4) is 5.75 Å². The number of carbonyl (C=O) groups excluding carboxylic acids is 1.